The molecule has 1 aliphatic heterocycles. The fourth-order valence-corrected chi connectivity index (χ4v) is 3.70. The number of H-pyrrole nitrogens is 1. The SMILES string of the molecule is CCCCCCNC(=O)C1CCCN(C(=O)Cn2c(CCC)n[nH]c2=S)C1. The van der Waals surface area contributed by atoms with Crippen LogP contribution < -0.4 is 5.32 Å². The molecular weight excluding hydrogens is 362 g/mol. The van der Waals surface area contributed by atoms with Crippen LogP contribution in [0.1, 0.15) is 64.6 Å². The van der Waals surface area contributed by atoms with Gasteiger partial charge in [0.15, 0.2) is 4.77 Å². The zero-order chi connectivity index (χ0) is 19.6. The lowest BCUT2D eigenvalue weighted by molar-refractivity contribution is -0.136. The highest BCUT2D eigenvalue weighted by Gasteiger charge is 2.28. The first kappa shape index (κ1) is 21.6. The highest BCUT2D eigenvalue weighted by atomic mass is 32.1. The number of aromatic amines is 1. The Labute approximate surface area is 166 Å². The summed E-state index contributed by atoms with van der Waals surface area (Å²) in [5.41, 5.74) is 0. The monoisotopic (exact) mass is 395 g/mol. The van der Waals surface area contributed by atoms with Gasteiger partial charge in [-0.2, -0.15) is 5.10 Å². The average Bonchev–Trinajstić information content (AvgIpc) is 3.01. The molecule has 0 spiro atoms. The summed E-state index contributed by atoms with van der Waals surface area (Å²) in [6.45, 7) is 6.36. The maximum Gasteiger partial charge on any atom is 0.242 e. The van der Waals surface area contributed by atoms with Gasteiger partial charge in [0.05, 0.1) is 5.92 Å². The van der Waals surface area contributed by atoms with Crippen LogP contribution in [0, 0.1) is 10.7 Å². The van der Waals surface area contributed by atoms with E-state index in [2.05, 4.69) is 29.4 Å². The molecule has 152 valence electrons. The number of amides is 2. The van der Waals surface area contributed by atoms with Gasteiger partial charge in [-0.15, -0.1) is 0 Å². The van der Waals surface area contributed by atoms with Crippen LogP contribution in [0.25, 0.3) is 0 Å². The average molecular weight is 396 g/mol. The molecule has 1 atom stereocenters. The van der Waals surface area contributed by atoms with Gasteiger partial charge in [0, 0.05) is 26.1 Å². The molecule has 1 fully saturated rings. The number of nitrogens with zero attached hydrogens (tertiary/aromatic N) is 3. The zero-order valence-corrected chi connectivity index (χ0v) is 17.4. The summed E-state index contributed by atoms with van der Waals surface area (Å²) in [6, 6.07) is 0. The van der Waals surface area contributed by atoms with E-state index < -0.39 is 0 Å². The van der Waals surface area contributed by atoms with Crippen molar-refractivity contribution in [2.24, 2.45) is 5.92 Å². The summed E-state index contributed by atoms with van der Waals surface area (Å²) in [5.74, 6) is 0.788. The predicted molar refractivity (Wildman–Crippen MR) is 108 cm³/mol. The molecular formula is C19H33N5O2S. The molecule has 1 aromatic rings. The lowest BCUT2D eigenvalue weighted by Crippen LogP contribution is -2.46. The smallest absolute Gasteiger partial charge is 0.242 e. The largest absolute Gasteiger partial charge is 0.356 e. The van der Waals surface area contributed by atoms with Crippen LogP contribution in [0.4, 0.5) is 0 Å². The van der Waals surface area contributed by atoms with Gasteiger partial charge in [0.2, 0.25) is 11.8 Å². The van der Waals surface area contributed by atoms with Crippen molar-refractivity contribution in [2.75, 3.05) is 19.6 Å². The summed E-state index contributed by atoms with van der Waals surface area (Å²) in [6.07, 6.45) is 7.99. The number of nitrogens with one attached hydrogen (secondary N) is 2. The van der Waals surface area contributed by atoms with Gasteiger partial charge >= 0.3 is 0 Å². The van der Waals surface area contributed by atoms with Gasteiger partial charge in [-0.1, -0.05) is 33.1 Å². The lowest BCUT2D eigenvalue weighted by Gasteiger charge is -2.32. The number of hydrogen-bond acceptors (Lipinski definition) is 4. The molecule has 1 saturated heterocycles. The number of aryl methyl sites for hydroxylation is 1. The molecule has 0 bridgehead atoms. The van der Waals surface area contributed by atoms with Gasteiger partial charge < -0.3 is 10.2 Å². The van der Waals surface area contributed by atoms with E-state index in [-0.39, 0.29) is 24.3 Å². The molecule has 27 heavy (non-hydrogen) atoms. The number of likely N-dealkylation sites (tertiary alicyclic amines) is 1. The highest BCUT2D eigenvalue weighted by Crippen LogP contribution is 2.17. The fourth-order valence-electron chi connectivity index (χ4n) is 3.49. The third kappa shape index (κ3) is 6.45. The molecule has 7 nitrogen and oxygen atoms in total. The zero-order valence-electron chi connectivity index (χ0n) is 16.6. The van der Waals surface area contributed by atoms with E-state index in [1.807, 2.05) is 0 Å². The third-order valence-electron chi connectivity index (χ3n) is 5.08. The van der Waals surface area contributed by atoms with Crippen LogP contribution in [0.5, 0.6) is 0 Å². The highest BCUT2D eigenvalue weighted by molar-refractivity contribution is 7.71. The molecule has 1 aliphatic rings. The van der Waals surface area contributed by atoms with Crippen LogP contribution in [0.3, 0.4) is 0 Å². The van der Waals surface area contributed by atoms with Crippen molar-refractivity contribution in [3.8, 4) is 0 Å². The topological polar surface area (TPSA) is 83.0 Å². The minimum absolute atomic E-state index is 0.00491. The first-order valence-electron chi connectivity index (χ1n) is 10.3. The van der Waals surface area contributed by atoms with Crippen LogP contribution >= 0.6 is 12.2 Å². The Bertz CT molecular complexity index is 669. The summed E-state index contributed by atoms with van der Waals surface area (Å²) in [5, 5.41) is 10.0. The molecule has 0 radical (unpaired) electrons. The molecule has 0 aliphatic carbocycles. The second-order valence-electron chi connectivity index (χ2n) is 7.31. The molecule has 0 aromatic carbocycles. The van der Waals surface area contributed by atoms with Crippen molar-refractivity contribution in [2.45, 2.75) is 71.8 Å². The summed E-state index contributed by atoms with van der Waals surface area (Å²) in [4.78, 5) is 27.0. The Hall–Kier alpha value is -1.70. The first-order chi connectivity index (χ1) is 13.1. The Morgan fingerprint density at radius 3 is 2.81 bits per heavy atom. The number of hydrogen-bond donors (Lipinski definition) is 2. The van der Waals surface area contributed by atoms with E-state index in [1.165, 1.54) is 12.8 Å². The van der Waals surface area contributed by atoms with Crippen molar-refractivity contribution in [3.05, 3.63) is 10.6 Å². The number of carbonyl (C=O) groups is 2. The quantitative estimate of drug-likeness (QED) is 0.471. The van der Waals surface area contributed by atoms with Gasteiger partial charge in [-0.05, 0) is 37.9 Å². The molecule has 2 N–H and O–H groups in total. The van der Waals surface area contributed by atoms with E-state index in [1.54, 1.807) is 9.47 Å². The minimum atomic E-state index is -0.110. The number of aromatic nitrogens is 3. The van der Waals surface area contributed by atoms with Crippen molar-refractivity contribution in [1.82, 2.24) is 25.0 Å². The van der Waals surface area contributed by atoms with Crippen molar-refractivity contribution < 1.29 is 9.59 Å². The third-order valence-corrected chi connectivity index (χ3v) is 5.39. The van der Waals surface area contributed by atoms with Crippen LogP contribution in [-0.2, 0) is 22.6 Å². The summed E-state index contributed by atoms with van der Waals surface area (Å²) in [7, 11) is 0. The number of unbranched alkanes of at least 4 members (excludes halogenated alkanes) is 3. The Balaban J connectivity index is 1.86. The number of piperidine rings is 1. The van der Waals surface area contributed by atoms with Gasteiger partial charge in [0.25, 0.3) is 0 Å². The molecule has 8 heteroatoms. The van der Waals surface area contributed by atoms with Gasteiger partial charge in [-0.25, -0.2) is 0 Å². The molecule has 0 saturated carbocycles. The second kappa shape index (κ2) is 11.2. The van der Waals surface area contributed by atoms with E-state index in [0.29, 0.717) is 17.9 Å². The fraction of sp³-hybridized carbons (Fsp3) is 0.789. The van der Waals surface area contributed by atoms with E-state index in [0.717, 1.165) is 50.9 Å². The van der Waals surface area contributed by atoms with Gasteiger partial charge in [-0.3, -0.25) is 19.3 Å². The van der Waals surface area contributed by atoms with Crippen molar-refractivity contribution in [3.63, 3.8) is 0 Å². The molecule has 2 rings (SSSR count). The normalized spacial score (nSPS) is 17.1. The van der Waals surface area contributed by atoms with Crippen LogP contribution in [0.15, 0.2) is 0 Å². The lowest BCUT2D eigenvalue weighted by atomic mass is 9.97. The van der Waals surface area contributed by atoms with E-state index in [9.17, 15) is 9.59 Å². The first-order valence-corrected chi connectivity index (χ1v) is 10.7. The minimum Gasteiger partial charge on any atom is -0.356 e. The Morgan fingerprint density at radius 2 is 2.07 bits per heavy atom. The van der Waals surface area contributed by atoms with Crippen LogP contribution in [-0.4, -0.2) is 51.1 Å². The standard InChI is InChI=1S/C19H33N5O2S/c1-3-5-6-7-11-20-18(26)15-10-8-12-23(13-15)17(25)14-24-16(9-4-2)21-22-19(24)27/h15H,3-14H2,1-2H3,(H,20,26)(H,22,27). The van der Waals surface area contributed by atoms with Gasteiger partial charge in [0.1, 0.15) is 12.4 Å². The number of carbonyl (C=O) groups excluding carboxylic acids is 2. The molecule has 2 heterocycles. The van der Waals surface area contributed by atoms with Crippen molar-refractivity contribution >= 4 is 24.0 Å². The second-order valence-corrected chi connectivity index (χ2v) is 7.70. The molecule has 2 amide bonds. The van der Waals surface area contributed by atoms with E-state index >= 15 is 0 Å². The summed E-state index contributed by atoms with van der Waals surface area (Å²) < 4.78 is 2.25. The molecule has 1 unspecified atom stereocenters. The summed E-state index contributed by atoms with van der Waals surface area (Å²) >= 11 is 5.26. The van der Waals surface area contributed by atoms with Crippen LogP contribution in [0.2, 0.25) is 0 Å². The maximum atomic E-state index is 12.8. The maximum absolute atomic E-state index is 12.8. The Kier molecular flexibility index (Phi) is 8.97. The van der Waals surface area contributed by atoms with E-state index in [4.69, 9.17) is 12.2 Å². The molecule has 1 aromatic heterocycles. The number of rotatable bonds is 10. The Morgan fingerprint density at radius 1 is 1.26 bits per heavy atom. The van der Waals surface area contributed by atoms with Crippen molar-refractivity contribution in [1.29, 1.82) is 0 Å². The predicted octanol–water partition coefficient (Wildman–Crippen LogP) is 2.83.